The molecule has 2 aromatic heterocycles. The van der Waals surface area contributed by atoms with Gasteiger partial charge in [0.15, 0.2) is 5.16 Å². The quantitative estimate of drug-likeness (QED) is 0.318. The van der Waals surface area contributed by atoms with E-state index in [0.717, 1.165) is 30.8 Å². The highest BCUT2D eigenvalue weighted by Crippen LogP contribution is 2.28. The van der Waals surface area contributed by atoms with Crippen LogP contribution in [0.1, 0.15) is 29.8 Å². The molecule has 2 aromatic carbocycles. The number of aryl methyl sites for hydroxylation is 1. The number of para-hydroxylation sites is 2. The first-order chi connectivity index (χ1) is 16.2. The summed E-state index contributed by atoms with van der Waals surface area (Å²) in [5.74, 6) is 0.453. The number of nitrogens with zero attached hydrogens (tertiary/aromatic N) is 5. The second kappa shape index (κ2) is 9.22. The smallest absolute Gasteiger partial charge is 0.262 e. The van der Waals surface area contributed by atoms with E-state index in [9.17, 15) is 10.1 Å². The third-order valence-electron chi connectivity index (χ3n) is 5.84. The van der Waals surface area contributed by atoms with Crippen LogP contribution in [0.4, 0.5) is 0 Å². The fourth-order valence-corrected chi connectivity index (χ4v) is 5.19. The Bertz CT molecular complexity index is 1400. The lowest BCUT2D eigenvalue weighted by Gasteiger charge is -2.16. The summed E-state index contributed by atoms with van der Waals surface area (Å²) in [6.45, 7) is 3.04. The highest BCUT2D eigenvalue weighted by molar-refractivity contribution is 7.98. The molecule has 1 fully saturated rings. The maximum Gasteiger partial charge on any atom is 0.262 e. The average molecular weight is 458 g/mol. The van der Waals surface area contributed by atoms with Crippen molar-refractivity contribution in [3.63, 3.8) is 0 Å². The van der Waals surface area contributed by atoms with Gasteiger partial charge in [-0.15, -0.1) is 0 Å². The minimum absolute atomic E-state index is 0.0109. The SMILES string of the molecule is Cc1nn(-c2ccccc2)c(CSc2nc3ccccc3c(=O)n2CC2CCCO2)c1C#N. The van der Waals surface area contributed by atoms with Crippen molar-refractivity contribution in [1.29, 1.82) is 5.26 Å². The predicted molar refractivity (Wildman–Crippen MR) is 128 cm³/mol. The van der Waals surface area contributed by atoms with Crippen LogP contribution in [0.25, 0.3) is 16.6 Å². The van der Waals surface area contributed by atoms with Gasteiger partial charge in [-0.3, -0.25) is 9.36 Å². The van der Waals surface area contributed by atoms with Crippen molar-refractivity contribution in [3.05, 3.63) is 81.9 Å². The first-order valence-electron chi connectivity index (χ1n) is 10.9. The van der Waals surface area contributed by atoms with Gasteiger partial charge in [-0.25, -0.2) is 9.67 Å². The number of nitriles is 1. The molecule has 0 bridgehead atoms. The standard InChI is InChI=1S/C25H23N5O2S/c1-17-21(14-26)23(30(28-17)18-8-3-2-4-9-18)16-33-25-27-22-12-6-5-11-20(22)24(31)29(25)15-19-10-7-13-32-19/h2-6,8-9,11-12,19H,7,10,13,15-16H2,1H3. The summed E-state index contributed by atoms with van der Waals surface area (Å²) in [6, 6.07) is 19.5. The van der Waals surface area contributed by atoms with Gasteiger partial charge in [0.05, 0.1) is 46.2 Å². The van der Waals surface area contributed by atoms with Gasteiger partial charge in [-0.1, -0.05) is 42.1 Å². The lowest BCUT2D eigenvalue weighted by molar-refractivity contribution is 0.0937. The second-order valence-electron chi connectivity index (χ2n) is 8.02. The first-order valence-corrected chi connectivity index (χ1v) is 11.9. The Labute approximate surface area is 195 Å². The number of aromatic nitrogens is 4. The third-order valence-corrected chi connectivity index (χ3v) is 6.83. The molecule has 0 spiro atoms. The van der Waals surface area contributed by atoms with E-state index in [4.69, 9.17) is 9.72 Å². The number of hydrogen-bond donors (Lipinski definition) is 0. The van der Waals surface area contributed by atoms with Crippen molar-refractivity contribution in [1.82, 2.24) is 19.3 Å². The minimum atomic E-state index is -0.0631. The maximum absolute atomic E-state index is 13.3. The molecule has 5 rings (SSSR count). The van der Waals surface area contributed by atoms with E-state index in [1.807, 2.05) is 66.2 Å². The Balaban J connectivity index is 1.55. The van der Waals surface area contributed by atoms with Crippen LogP contribution < -0.4 is 5.56 Å². The van der Waals surface area contributed by atoms with Crippen LogP contribution in [0.2, 0.25) is 0 Å². The summed E-state index contributed by atoms with van der Waals surface area (Å²) in [6.07, 6.45) is 1.95. The molecule has 0 aliphatic carbocycles. The molecular formula is C25H23N5O2S. The molecule has 4 aromatic rings. The van der Waals surface area contributed by atoms with E-state index in [0.29, 0.717) is 39.6 Å². The van der Waals surface area contributed by atoms with Crippen molar-refractivity contribution in [2.24, 2.45) is 0 Å². The Hall–Kier alpha value is -3.41. The summed E-state index contributed by atoms with van der Waals surface area (Å²) in [5.41, 5.74) is 3.52. The largest absolute Gasteiger partial charge is 0.376 e. The molecule has 0 N–H and O–H groups in total. The first kappa shape index (κ1) is 21.4. The fourth-order valence-electron chi connectivity index (χ4n) is 4.18. The van der Waals surface area contributed by atoms with Crippen LogP contribution in [-0.2, 0) is 17.0 Å². The Morgan fingerprint density at radius 3 is 2.73 bits per heavy atom. The zero-order chi connectivity index (χ0) is 22.8. The third kappa shape index (κ3) is 4.17. The molecule has 0 radical (unpaired) electrons. The molecule has 7 nitrogen and oxygen atoms in total. The molecule has 33 heavy (non-hydrogen) atoms. The van der Waals surface area contributed by atoms with Crippen molar-refractivity contribution in [3.8, 4) is 11.8 Å². The molecule has 0 saturated carbocycles. The molecular weight excluding hydrogens is 434 g/mol. The number of fused-ring (bicyclic) bond motifs is 1. The van der Waals surface area contributed by atoms with Crippen LogP contribution in [0.3, 0.4) is 0 Å². The van der Waals surface area contributed by atoms with Crippen LogP contribution in [0.5, 0.6) is 0 Å². The van der Waals surface area contributed by atoms with Crippen molar-refractivity contribution in [2.45, 2.75) is 43.3 Å². The molecule has 1 saturated heterocycles. The van der Waals surface area contributed by atoms with E-state index in [1.54, 1.807) is 4.57 Å². The fraction of sp³-hybridized carbons (Fsp3) is 0.280. The van der Waals surface area contributed by atoms with Crippen molar-refractivity contribution in [2.75, 3.05) is 6.61 Å². The molecule has 0 amide bonds. The summed E-state index contributed by atoms with van der Waals surface area (Å²) >= 11 is 1.45. The molecule has 1 atom stereocenters. The Morgan fingerprint density at radius 2 is 1.97 bits per heavy atom. The summed E-state index contributed by atoms with van der Waals surface area (Å²) < 4.78 is 9.34. The summed E-state index contributed by atoms with van der Waals surface area (Å²) in [7, 11) is 0. The van der Waals surface area contributed by atoms with Gasteiger partial charge >= 0.3 is 0 Å². The van der Waals surface area contributed by atoms with Gasteiger partial charge < -0.3 is 4.74 Å². The van der Waals surface area contributed by atoms with Crippen molar-refractivity contribution >= 4 is 22.7 Å². The topological polar surface area (TPSA) is 85.7 Å². The second-order valence-corrected chi connectivity index (χ2v) is 8.96. The number of thioether (sulfide) groups is 1. The average Bonchev–Trinajstić information content (AvgIpc) is 3.47. The van der Waals surface area contributed by atoms with E-state index >= 15 is 0 Å². The molecule has 1 unspecified atom stereocenters. The van der Waals surface area contributed by atoms with Gasteiger partial charge in [0.2, 0.25) is 0 Å². The zero-order valence-electron chi connectivity index (χ0n) is 18.3. The van der Waals surface area contributed by atoms with Gasteiger partial charge in [-0.2, -0.15) is 10.4 Å². The molecule has 1 aliphatic heterocycles. The number of benzene rings is 2. The zero-order valence-corrected chi connectivity index (χ0v) is 19.1. The highest BCUT2D eigenvalue weighted by Gasteiger charge is 2.22. The monoisotopic (exact) mass is 457 g/mol. The van der Waals surface area contributed by atoms with Gasteiger partial charge in [0.25, 0.3) is 5.56 Å². The number of rotatable bonds is 6. The normalized spacial score (nSPS) is 15.7. The van der Waals surface area contributed by atoms with E-state index < -0.39 is 0 Å². The summed E-state index contributed by atoms with van der Waals surface area (Å²) in [5, 5.41) is 15.6. The van der Waals surface area contributed by atoms with E-state index in [-0.39, 0.29) is 11.7 Å². The maximum atomic E-state index is 13.3. The van der Waals surface area contributed by atoms with Gasteiger partial charge in [0, 0.05) is 12.4 Å². The Kier molecular flexibility index (Phi) is 5.99. The molecule has 8 heteroatoms. The van der Waals surface area contributed by atoms with Crippen LogP contribution in [0, 0.1) is 18.3 Å². The number of ether oxygens (including phenoxy) is 1. The van der Waals surface area contributed by atoms with E-state index in [1.165, 1.54) is 11.8 Å². The van der Waals surface area contributed by atoms with Crippen LogP contribution >= 0.6 is 11.8 Å². The minimum Gasteiger partial charge on any atom is -0.376 e. The van der Waals surface area contributed by atoms with Gasteiger partial charge in [-0.05, 0) is 44.0 Å². The van der Waals surface area contributed by atoms with Gasteiger partial charge in [0.1, 0.15) is 6.07 Å². The van der Waals surface area contributed by atoms with Crippen molar-refractivity contribution < 1.29 is 4.74 Å². The molecule has 3 heterocycles. The Morgan fingerprint density at radius 1 is 1.18 bits per heavy atom. The summed E-state index contributed by atoms with van der Waals surface area (Å²) in [4.78, 5) is 18.2. The highest BCUT2D eigenvalue weighted by atomic mass is 32.2. The van der Waals surface area contributed by atoms with Crippen LogP contribution in [-0.4, -0.2) is 32.0 Å². The van der Waals surface area contributed by atoms with E-state index in [2.05, 4.69) is 11.2 Å². The molecule has 1 aliphatic rings. The lowest BCUT2D eigenvalue weighted by atomic mass is 10.2. The van der Waals surface area contributed by atoms with Crippen LogP contribution in [0.15, 0.2) is 64.5 Å². The number of hydrogen-bond acceptors (Lipinski definition) is 6. The predicted octanol–water partition coefficient (Wildman–Crippen LogP) is 4.23. The molecule has 166 valence electrons. The lowest BCUT2D eigenvalue weighted by Crippen LogP contribution is -2.28.